The molecule has 0 aromatic carbocycles. The summed E-state index contributed by atoms with van der Waals surface area (Å²) in [5.41, 5.74) is 8.68. The molecule has 2 aromatic rings. The molecule has 1 aliphatic carbocycles. The van der Waals surface area contributed by atoms with Gasteiger partial charge >= 0.3 is 7.12 Å². The molecular weight excluding hydrogens is 261 g/mol. The molecule has 0 bridgehead atoms. The molecule has 19 heavy (non-hydrogen) atoms. The van der Waals surface area contributed by atoms with Crippen molar-refractivity contribution in [2.24, 2.45) is 0 Å². The first-order valence-corrected chi connectivity index (χ1v) is 6.82. The van der Waals surface area contributed by atoms with Gasteiger partial charge in [0.05, 0.1) is 10.6 Å². The van der Waals surface area contributed by atoms with Gasteiger partial charge in [-0.2, -0.15) is 0 Å². The van der Waals surface area contributed by atoms with Crippen LogP contribution in [-0.2, 0) is 11.8 Å². The lowest BCUT2D eigenvalue weighted by atomic mass is 9.74. The second kappa shape index (κ2) is 4.03. The molecule has 0 aliphatic heterocycles. The van der Waals surface area contributed by atoms with Crippen molar-refractivity contribution in [3.05, 3.63) is 23.5 Å². The highest BCUT2D eigenvalue weighted by molar-refractivity contribution is 7.25. The molecule has 0 saturated carbocycles. The number of hydrogen-bond donors (Lipinski definition) is 3. The lowest BCUT2D eigenvalue weighted by Gasteiger charge is -2.32. The predicted molar refractivity (Wildman–Crippen MR) is 76.3 cm³/mol. The third kappa shape index (κ3) is 1.85. The molecule has 2 aromatic heterocycles. The van der Waals surface area contributed by atoms with Crippen LogP contribution in [-0.4, -0.2) is 27.1 Å². The predicted octanol–water partition coefficient (Wildman–Crippen LogP) is 0.301. The van der Waals surface area contributed by atoms with E-state index in [0.29, 0.717) is 10.6 Å². The summed E-state index contributed by atoms with van der Waals surface area (Å²) in [5, 5.41) is 18.6. The van der Waals surface area contributed by atoms with Crippen molar-refractivity contribution < 1.29 is 10.0 Å². The van der Waals surface area contributed by atoms with Crippen LogP contribution in [0.1, 0.15) is 25.0 Å². The molecule has 4 N–H and O–H groups in total. The number of hydrogen-bond acceptors (Lipinski definition) is 6. The monoisotopic (exact) mass is 275 g/mol. The number of fused-ring (bicyclic) bond motifs is 3. The van der Waals surface area contributed by atoms with Crippen LogP contribution < -0.4 is 10.5 Å². The van der Waals surface area contributed by atoms with E-state index >= 15 is 0 Å². The van der Waals surface area contributed by atoms with Gasteiger partial charge in [0.15, 0.2) is 0 Å². The maximum atomic E-state index is 9.31. The molecular formula is C12H14BN3O2S. The summed E-state index contributed by atoms with van der Waals surface area (Å²) in [5.74, 6) is 0.500. The van der Waals surface area contributed by atoms with Crippen molar-refractivity contribution in [2.75, 3.05) is 5.73 Å². The standard InChI is InChI=1S/C12H14BN3O2S/c1-12(2)4-6-3-7(13(17)18)19-10(6)9-8(12)11(14)16-5-15-9/h3,5,17-18H,4H2,1-2H3,(H2,14,15,16). The number of nitrogens with two attached hydrogens (primary N) is 1. The maximum absolute atomic E-state index is 9.31. The Hall–Kier alpha value is -1.44. The van der Waals surface area contributed by atoms with Crippen LogP contribution in [0.3, 0.4) is 0 Å². The Labute approximate surface area is 115 Å². The van der Waals surface area contributed by atoms with E-state index in [1.165, 1.54) is 17.7 Å². The van der Waals surface area contributed by atoms with Crippen LogP contribution in [0.2, 0.25) is 0 Å². The topological polar surface area (TPSA) is 92.3 Å². The molecule has 0 amide bonds. The van der Waals surface area contributed by atoms with Crippen molar-refractivity contribution in [2.45, 2.75) is 25.7 Å². The summed E-state index contributed by atoms with van der Waals surface area (Å²) in [6, 6.07) is 1.84. The second-order valence-corrected chi connectivity index (χ2v) is 6.50. The molecule has 0 atom stereocenters. The van der Waals surface area contributed by atoms with E-state index < -0.39 is 7.12 Å². The van der Waals surface area contributed by atoms with Gasteiger partial charge in [-0.05, 0) is 23.5 Å². The quantitative estimate of drug-likeness (QED) is 0.651. The normalized spacial score (nSPS) is 15.8. The minimum absolute atomic E-state index is 0.160. The zero-order valence-electron chi connectivity index (χ0n) is 10.7. The smallest absolute Gasteiger partial charge is 0.423 e. The first-order chi connectivity index (χ1) is 8.90. The SMILES string of the molecule is CC1(C)Cc2cc(B(O)O)sc2-c2ncnc(N)c21. The summed E-state index contributed by atoms with van der Waals surface area (Å²) in [6.45, 7) is 4.20. The Morgan fingerprint density at radius 2 is 2.11 bits per heavy atom. The van der Waals surface area contributed by atoms with E-state index in [0.717, 1.165) is 28.1 Å². The Morgan fingerprint density at radius 3 is 2.79 bits per heavy atom. The first kappa shape index (κ1) is 12.6. The largest absolute Gasteiger partial charge is 0.499 e. The summed E-state index contributed by atoms with van der Waals surface area (Å²) in [7, 11) is -1.44. The van der Waals surface area contributed by atoms with Crippen LogP contribution >= 0.6 is 11.3 Å². The van der Waals surface area contributed by atoms with E-state index in [2.05, 4.69) is 23.8 Å². The molecule has 0 unspecified atom stereocenters. The second-order valence-electron chi connectivity index (χ2n) is 5.42. The molecule has 0 spiro atoms. The number of aromatic nitrogens is 2. The van der Waals surface area contributed by atoms with Crippen molar-refractivity contribution in [1.82, 2.24) is 9.97 Å². The van der Waals surface area contributed by atoms with E-state index in [1.807, 2.05) is 6.07 Å². The zero-order chi connectivity index (χ0) is 13.8. The average Bonchev–Trinajstić information content (AvgIpc) is 2.71. The lowest BCUT2D eigenvalue weighted by Crippen LogP contribution is -2.28. The van der Waals surface area contributed by atoms with Crippen molar-refractivity contribution >= 4 is 29.0 Å². The van der Waals surface area contributed by atoms with E-state index in [4.69, 9.17) is 5.73 Å². The number of nitrogens with zero attached hydrogens (tertiary/aromatic N) is 2. The third-order valence-electron chi connectivity index (χ3n) is 3.48. The van der Waals surface area contributed by atoms with Gasteiger partial charge < -0.3 is 15.8 Å². The fourth-order valence-electron chi connectivity index (χ4n) is 2.71. The third-order valence-corrected chi connectivity index (χ3v) is 4.71. The molecule has 98 valence electrons. The Balaban J connectivity index is 2.28. The minimum atomic E-state index is -1.44. The molecule has 7 heteroatoms. The lowest BCUT2D eigenvalue weighted by molar-refractivity contribution is 0.426. The fraction of sp³-hybridized carbons (Fsp3) is 0.333. The fourth-order valence-corrected chi connectivity index (χ4v) is 3.77. The maximum Gasteiger partial charge on any atom is 0.499 e. The summed E-state index contributed by atoms with van der Waals surface area (Å²) in [6.07, 6.45) is 2.24. The van der Waals surface area contributed by atoms with E-state index in [9.17, 15) is 10.0 Å². The molecule has 0 fully saturated rings. The van der Waals surface area contributed by atoms with Gasteiger partial charge in [0.1, 0.15) is 12.1 Å². The number of thiophene rings is 1. The number of anilines is 1. The van der Waals surface area contributed by atoms with Crippen molar-refractivity contribution in [3.63, 3.8) is 0 Å². The molecule has 3 rings (SSSR count). The summed E-state index contributed by atoms with van der Waals surface area (Å²) < 4.78 is 0.533. The molecule has 0 radical (unpaired) electrons. The van der Waals surface area contributed by atoms with Crippen LogP contribution in [0, 0.1) is 0 Å². The Morgan fingerprint density at radius 1 is 1.37 bits per heavy atom. The van der Waals surface area contributed by atoms with Gasteiger partial charge in [-0.25, -0.2) is 9.97 Å². The highest BCUT2D eigenvalue weighted by Gasteiger charge is 2.36. The van der Waals surface area contributed by atoms with Crippen LogP contribution in [0.25, 0.3) is 10.6 Å². The van der Waals surface area contributed by atoms with Crippen molar-refractivity contribution in [3.8, 4) is 10.6 Å². The van der Waals surface area contributed by atoms with Crippen LogP contribution in [0.5, 0.6) is 0 Å². The zero-order valence-corrected chi connectivity index (χ0v) is 11.5. The number of rotatable bonds is 1. The minimum Gasteiger partial charge on any atom is -0.423 e. The molecule has 5 nitrogen and oxygen atoms in total. The highest BCUT2D eigenvalue weighted by Crippen LogP contribution is 2.45. The Bertz CT molecular complexity index is 654. The molecule has 2 heterocycles. The molecule has 1 aliphatic rings. The summed E-state index contributed by atoms with van der Waals surface area (Å²) in [4.78, 5) is 9.39. The summed E-state index contributed by atoms with van der Waals surface area (Å²) >= 11 is 1.35. The first-order valence-electron chi connectivity index (χ1n) is 6.00. The molecule has 0 saturated heterocycles. The van der Waals surface area contributed by atoms with Crippen molar-refractivity contribution in [1.29, 1.82) is 0 Å². The highest BCUT2D eigenvalue weighted by atomic mass is 32.1. The van der Waals surface area contributed by atoms with Crippen LogP contribution in [0.15, 0.2) is 12.4 Å². The van der Waals surface area contributed by atoms with Gasteiger partial charge in [-0.1, -0.05) is 13.8 Å². The van der Waals surface area contributed by atoms with Gasteiger partial charge in [-0.15, -0.1) is 11.3 Å². The Kier molecular flexibility index (Phi) is 2.67. The van der Waals surface area contributed by atoms with E-state index in [1.54, 1.807) is 0 Å². The van der Waals surface area contributed by atoms with Gasteiger partial charge in [0.2, 0.25) is 0 Å². The van der Waals surface area contributed by atoms with Crippen LogP contribution in [0.4, 0.5) is 5.82 Å². The van der Waals surface area contributed by atoms with Gasteiger partial charge in [-0.3, -0.25) is 0 Å². The van der Waals surface area contributed by atoms with Gasteiger partial charge in [0.25, 0.3) is 0 Å². The number of nitrogen functional groups attached to an aromatic ring is 1. The van der Waals surface area contributed by atoms with Gasteiger partial charge in [0, 0.05) is 10.3 Å². The van der Waals surface area contributed by atoms with E-state index in [-0.39, 0.29) is 5.41 Å². The average molecular weight is 275 g/mol.